The van der Waals surface area contributed by atoms with E-state index in [0.717, 1.165) is 66.9 Å². The summed E-state index contributed by atoms with van der Waals surface area (Å²) in [5, 5.41) is 17.2. The second kappa shape index (κ2) is 14.0. The maximum atomic E-state index is 10.3. The second-order valence-corrected chi connectivity index (χ2v) is 11.6. The predicted octanol–water partition coefficient (Wildman–Crippen LogP) is 5.79. The maximum Gasteiger partial charge on any atom is 0.225 e. The lowest BCUT2D eigenvalue weighted by Gasteiger charge is -2.29. The molecule has 0 fully saturated rings. The van der Waals surface area contributed by atoms with Gasteiger partial charge in [0.1, 0.15) is 17.0 Å². The summed E-state index contributed by atoms with van der Waals surface area (Å²) >= 11 is 0. The summed E-state index contributed by atoms with van der Waals surface area (Å²) in [6.45, 7) is 6.53. The largest absolute Gasteiger partial charge is 0.497 e. The lowest BCUT2D eigenvalue weighted by atomic mass is 9.96. The van der Waals surface area contributed by atoms with Gasteiger partial charge in [-0.1, -0.05) is 31.9 Å². The van der Waals surface area contributed by atoms with E-state index in [1.54, 1.807) is 14.2 Å². The Labute approximate surface area is 259 Å². The van der Waals surface area contributed by atoms with Crippen molar-refractivity contribution in [1.82, 2.24) is 24.8 Å². The summed E-state index contributed by atoms with van der Waals surface area (Å²) in [6.07, 6.45) is 9.78. The molecule has 0 bridgehead atoms. The first kappa shape index (κ1) is 31.2. The molecule has 0 aliphatic carbocycles. The third-order valence-corrected chi connectivity index (χ3v) is 8.16. The number of pyridine rings is 2. The zero-order valence-electron chi connectivity index (χ0n) is 26.4. The molecule has 0 saturated heterocycles. The van der Waals surface area contributed by atoms with E-state index in [-0.39, 0.29) is 6.61 Å². The summed E-state index contributed by atoms with van der Waals surface area (Å²) in [5.41, 5.74) is 5.88. The quantitative estimate of drug-likeness (QED) is 0.175. The third kappa shape index (κ3) is 7.26. The number of benzene rings is 1. The Morgan fingerprint density at radius 2 is 1.86 bits per heavy atom. The van der Waals surface area contributed by atoms with Crippen molar-refractivity contribution in [3.05, 3.63) is 66.1 Å². The van der Waals surface area contributed by atoms with Crippen LogP contribution in [0.1, 0.15) is 50.8 Å². The van der Waals surface area contributed by atoms with Crippen LogP contribution in [0.5, 0.6) is 11.5 Å². The zero-order valence-corrected chi connectivity index (χ0v) is 26.4. The van der Waals surface area contributed by atoms with Crippen LogP contribution < -0.4 is 20.1 Å². The van der Waals surface area contributed by atoms with Crippen LogP contribution in [-0.4, -0.2) is 76.4 Å². The number of nitrogens with one attached hydrogen (secondary N) is 2. The average molecular weight is 598 g/mol. The first-order chi connectivity index (χ1) is 21.3. The minimum Gasteiger partial charge on any atom is -0.497 e. The normalized spacial score (nSPS) is 15.0. The second-order valence-electron chi connectivity index (χ2n) is 11.6. The molecule has 10 heteroatoms. The number of ether oxygens (including phenoxy) is 2. The van der Waals surface area contributed by atoms with Crippen molar-refractivity contribution in [1.29, 1.82) is 0 Å². The monoisotopic (exact) mass is 597 g/mol. The smallest absolute Gasteiger partial charge is 0.225 e. The van der Waals surface area contributed by atoms with Gasteiger partial charge < -0.3 is 30.1 Å². The molecule has 0 spiro atoms. The molecule has 1 aliphatic rings. The average Bonchev–Trinajstić information content (AvgIpc) is 3.06. The molecule has 5 rings (SSSR count). The van der Waals surface area contributed by atoms with Crippen LogP contribution in [-0.2, 0) is 6.54 Å². The molecule has 1 atom stereocenters. The number of aromatic nitrogens is 4. The molecule has 1 aromatic carbocycles. The van der Waals surface area contributed by atoms with E-state index in [1.165, 1.54) is 5.57 Å². The van der Waals surface area contributed by atoms with E-state index in [9.17, 15) is 5.11 Å². The third-order valence-electron chi connectivity index (χ3n) is 8.16. The fourth-order valence-electron chi connectivity index (χ4n) is 5.31. The number of rotatable bonds is 13. The molecule has 44 heavy (non-hydrogen) atoms. The number of unbranched alkanes of at least 4 members (excludes halogenated alkanes) is 1. The maximum absolute atomic E-state index is 10.3. The van der Waals surface area contributed by atoms with Crippen molar-refractivity contribution in [2.24, 2.45) is 0 Å². The number of fused-ring (bicyclic) bond motifs is 1. The van der Waals surface area contributed by atoms with Gasteiger partial charge in [-0.3, -0.25) is 9.97 Å². The van der Waals surface area contributed by atoms with Crippen LogP contribution in [0.3, 0.4) is 0 Å². The SMILES string of the molecule is CCCC[C@](C)(CO)Nc1nc(NCc2ccc(OC)cc2OC)nc2cc(-c3ccc(C4=CCN(C)CC4)nc3)cnc12. The first-order valence-corrected chi connectivity index (χ1v) is 15.2. The van der Waals surface area contributed by atoms with Crippen molar-refractivity contribution >= 4 is 28.4 Å². The minimum absolute atomic E-state index is 0.0346. The van der Waals surface area contributed by atoms with Gasteiger partial charge in [-0.25, -0.2) is 4.98 Å². The number of likely N-dealkylation sites (N-methyl/N-ethyl adjacent to an activating group) is 1. The van der Waals surface area contributed by atoms with Gasteiger partial charge in [-0.05, 0) is 56.7 Å². The molecule has 4 heterocycles. The van der Waals surface area contributed by atoms with Gasteiger partial charge in [0.25, 0.3) is 0 Å². The summed E-state index contributed by atoms with van der Waals surface area (Å²) < 4.78 is 10.9. The molecule has 232 valence electrons. The lowest BCUT2D eigenvalue weighted by molar-refractivity contribution is 0.212. The highest BCUT2D eigenvalue weighted by Crippen LogP contribution is 2.31. The lowest BCUT2D eigenvalue weighted by Crippen LogP contribution is -2.39. The Bertz CT molecular complexity index is 1610. The van der Waals surface area contributed by atoms with Gasteiger partial charge in [-0.15, -0.1) is 0 Å². The van der Waals surface area contributed by atoms with Crippen molar-refractivity contribution < 1.29 is 14.6 Å². The van der Waals surface area contributed by atoms with Crippen LogP contribution in [0.2, 0.25) is 0 Å². The van der Waals surface area contributed by atoms with Crippen molar-refractivity contribution in [2.45, 2.75) is 51.6 Å². The molecule has 4 aromatic rings. The molecule has 0 amide bonds. The highest BCUT2D eigenvalue weighted by Gasteiger charge is 2.25. The molecular weight excluding hydrogens is 554 g/mol. The number of nitrogens with zero attached hydrogens (tertiary/aromatic N) is 5. The Balaban J connectivity index is 1.48. The van der Waals surface area contributed by atoms with Gasteiger partial charge in [0.05, 0.1) is 37.6 Å². The van der Waals surface area contributed by atoms with E-state index in [0.29, 0.717) is 35.1 Å². The molecule has 0 saturated carbocycles. The topological polar surface area (TPSA) is 118 Å². The van der Waals surface area contributed by atoms with Crippen molar-refractivity contribution in [2.75, 3.05) is 51.6 Å². The Morgan fingerprint density at radius 3 is 2.55 bits per heavy atom. The number of methoxy groups -OCH3 is 2. The van der Waals surface area contributed by atoms with E-state index < -0.39 is 5.54 Å². The highest BCUT2D eigenvalue weighted by atomic mass is 16.5. The van der Waals surface area contributed by atoms with Gasteiger partial charge in [-0.2, -0.15) is 4.98 Å². The van der Waals surface area contributed by atoms with Crippen LogP contribution in [0.15, 0.2) is 54.9 Å². The summed E-state index contributed by atoms with van der Waals surface area (Å²) in [5.74, 6) is 2.44. The van der Waals surface area contributed by atoms with Crippen LogP contribution >= 0.6 is 0 Å². The number of hydrogen-bond donors (Lipinski definition) is 3. The molecule has 3 N–H and O–H groups in total. The first-order valence-electron chi connectivity index (χ1n) is 15.2. The highest BCUT2D eigenvalue weighted by molar-refractivity contribution is 5.89. The summed E-state index contributed by atoms with van der Waals surface area (Å²) in [7, 11) is 5.40. The number of aliphatic hydroxyl groups is 1. The van der Waals surface area contributed by atoms with E-state index in [2.05, 4.69) is 47.7 Å². The fourth-order valence-corrected chi connectivity index (χ4v) is 5.31. The van der Waals surface area contributed by atoms with Gasteiger partial charge in [0.2, 0.25) is 5.95 Å². The summed E-state index contributed by atoms with van der Waals surface area (Å²) in [6, 6.07) is 11.9. The van der Waals surface area contributed by atoms with E-state index in [1.807, 2.05) is 43.6 Å². The van der Waals surface area contributed by atoms with Crippen molar-refractivity contribution in [3.63, 3.8) is 0 Å². The Kier molecular flexibility index (Phi) is 9.92. The molecule has 10 nitrogen and oxygen atoms in total. The molecule has 0 unspecified atom stereocenters. The number of aliphatic hydroxyl groups excluding tert-OH is 1. The molecule has 3 aromatic heterocycles. The van der Waals surface area contributed by atoms with Gasteiger partial charge in [0.15, 0.2) is 5.82 Å². The minimum atomic E-state index is -0.559. The Hall–Kier alpha value is -4.28. The summed E-state index contributed by atoms with van der Waals surface area (Å²) in [4.78, 5) is 21.6. The van der Waals surface area contributed by atoms with Crippen LogP contribution in [0, 0.1) is 0 Å². The number of anilines is 2. The molecule has 1 aliphatic heterocycles. The van der Waals surface area contributed by atoms with Crippen LogP contribution in [0.25, 0.3) is 27.7 Å². The standard InChI is InChI=1S/C34H43N7O3/c1-6-7-14-34(2,22-42)40-32-31-29(38-33(39-32)37-20-25-8-10-27(43-4)18-30(25)44-5)17-26(21-36-31)24-9-11-28(35-19-24)23-12-15-41(3)16-13-23/h8-12,17-19,21,42H,6-7,13-16,20,22H2,1-5H3,(H2,37,38,39,40)/t34-/m1/s1. The molecular formula is C34H43N7O3. The fraction of sp³-hybridized carbons (Fsp3) is 0.412. The van der Waals surface area contributed by atoms with Crippen molar-refractivity contribution in [3.8, 4) is 22.6 Å². The van der Waals surface area contributed by atoms with Gasteiger partial charge in [0, 0.05) is 54.8 Å². The zero-order chi connectivity index (χ0) is 31.1. The number of hydrogen-bond acceptors (Lipinski definition) is 10. The van der Waals surface area contributed by atoms with Gasteiger partial charge >= 0.3 is 0 Å². The van der Waals surface area contributed by atoms with E-state index >= 15 is 0 Å². The predicted molar refractivity (Wildman–Crippen MR) is 176 cm³/mol. The van der Waals surface area contributed by atoms with Crippen LogP contribution in [0.4, 0.5) is 11.8 Å². The molecule has 0 radical (unpaired) electrons. The Morgan fingerprint density at radius 1 is 1.02 bits per heavy atom. The van der Waals surface area contributed by atoms with E-state index in [4.69, 9.17) is 29.4 Å².